The Labute approximate surface area is 132 Å². The number of rotatable bonds is 5. The quantitative estimate of drug-likeness (QED) is 0.886. The summed E-state index contributed by atoms with van der Waals surface area (Å²) < 4.78 is 5.00. The van der Waals surface area contributed by atoms with Gasteiger partial charge in [0, 0.05) is 10.7 Å². The van der Waals surface area contributed by atoms with Crippen LogP contribution in [0.15, 0.2) is 28.8 Å². The fourth-order valence-corrected chi connectivity index (χ4v) is 2.06. The lowest BCUT2D eigenvalue weighted by Crippen LogP contribution is -2.33. The van der Waals surface area contributed by atoms with Crippen molar-refractivity contribution in [1.29, 1.82) is 0 Å². The third-order valence-corrected chi connectivity index (χ3v) is 3.28. The second-order valence-electron chi connectivity index (χ2n) is 4.65. The lowest BCUT2D eigenvalue weighted by Gasteiger charge is -2.07. The highest BCUT2D eigenvalue weighted by molar-refractivity contribution is 6.30. The van der Waals surface area contributed by atoms with Crippen molar-refractivity contribution in [2.45, 2.75) is 20.3 Å². The molecule has 2 aromatic rings. The molecule has 2 rings (SSSR count). The van der Waals surface area contributed by atoms with Crippen molar-refractivity contribution >= 4 is 29.1 Å². The molecule has 0 bridgehead atoms. The average Bonchev–Trinajstić information content (AvgIpc) is 2.88. The van der Waals surface area contributed by atoms with Crippen LogP contribution in [-0.4, -0.2) is 23.5 Å². The van der Waals surface area contributed by atoms with Gasteiger partial charge in [-0.25, -0.2) is 0 Å². The van der Waals surface area contributed by atoms with E-state index in [1.165, 1.54) is 0 Å². The van der Waals surface area contributed by atoms with E-state index in [1.54, 1.807) is 31.2 Å². The van der Waals surface area contributed by atoms with E-state index in [0.717, 1.165) is 0 Å². The Kier molecular flexibility index (Phi) is 5.16. The first-order valence-corrected chi connectivity index (χ1v) is 7.17. The van der Waals surface area contributed by atoms with Gasteiger partial charge in [-0.3, -0.25) is 9.59 Å². The standard InChI is InChI=1S/C15H16ClN3O3/c1-3-12-14(9(2)22-19-12)15(21)17-8-13(20)18-11-6-4-10(16)5-7-11/h4-7H,3,8H2,1-2H3,(H,17,21)(H,18,20). The van der Waals surface area contributed by atoms with Crippen molar-refractivity contribution in [3.05, 3.63) is 46.3 Å². The van der Waals surface area contributed by atoms with E-state index in [-0.39, 0.29) is 18.4 Å². The molecule has 22 heavy (non-hydrogen) atoms. The van der Waals surface area contributed by atoms with Crippen LogP contribution in [0.25, 0.3) is 0 Å². The molecule has 2 amide bonds. The van der Waals surface area contributed by atoms with Crippen molar-refractivity contribution in [1.82, 2.24) is 10.5 Å². The predicted octanol–water partition coefficient (Wildman–Crippen LogP) is 2.57. The molecule has 1 aromatic carbocycles. The van der Waals surface area contributed by atoms with Crippen LogP contribution in [0.5, 0.6) is 0 Å². The first-order valence-electron chi connectivity index (χ1n) is 6.80. The molecular formula is C15H16ClN3O3. The Morgan fingerprint density at radius 3 is 2.59 bits per heavy atom. The molecule has 0 atom stereocenters. The summed E-state index contributed by atoms with van der Waals surface area (Å²) >= 11 is 5.77. The van der Waals surface area contributed by atoms with Gasteiger partial charge < -0.3 is 15.2 Å². The maximum atomic E-state index is 12.1. The number of carbonyl (C=O) groups excluding carboxylic acids is 2. The Hall–Kier alpha value is -2.34. The molecule has 1 heterocycles. The lowest BCUT2D eigenvalue weighted by molar-refractivity contribution is -0.115. The number of halogens is 1. The highest BCUT2D eigenvalue weighted by Crippen LogP contribution is 2.14. The number of benzene rings is 1. The van der Waals surface area contributed by atoms with Crippen LogP contribution < -0.4 is 10.6 Å². The molecule has 0 aliphatic rings. The Balaban J connectivity index is 1.92. The minimum atomic E-state index is -0.373. The number of anilines is 1. The van der Waals surface area contributed by atoms with Gasteiger partial charge in [-0.15, -0.1) is 0 Å². The van der Waals surface area contributed by atoms with E-state index >= 15 is 0 Å². The fraction of sp³-hybridized carbons (Fsp3) is 0.267. The minimum Gasteiger partial charge on any atom is -0.361 e. The van der Waals surface area contributed by atoms with Crippen LogP contribution in [-0.2, 0) is 11.2 Å². The molecule has 0 aliphatic carbocycles. The van der Waals surface area contributed by atoms with E-state index < -0.39 is 0 Å². The summed E-state index contributed by atoms with van der Waals surface area (Å²) in [6, 6.07) is 6.70. The highest BCUT2D eigenvalue weighted by atomic mass is 35.5. The zero-order valence-corrected chi connectivity index (χ0v) is 13.0. The molecular weight excluding hydrogens is 306 g/mol. The summed E-state index contributed by atoms with van der Waals surface area (Å²) in [4.78, 5) is 23.9. The SMILES string of the molecule is CCc1noc(C)c1C(=O)NCC(=O)Nc1ccc(Cl)cc1. The second-order valence-corrected chi connectivity index (χ2v) is 5.09. The summed E-state index contributed by atoms with van der Waals surface area (Å²) in [5.74, 6) is -0.267. The smallest absolute Gasteiger partial charge is 0.257 e. The molecule has 1 aromatic heterocycles. The van der Waals surface area contributed by atoms with E-state index in [2.05, 4.69) is 15.8 Å². The third-order valence-electron chi connectivity index (χ3n) is 3.03. The summed E-state index contributed by atoms with van der Waals surface area (Å²) in [6.45, 7) is 3.39. The third kappa shape index (κ3) is 3.85. The Morgan fingerprint density at radius 1 is 1.27 bits per heavy atom. The minimum absolute atomic E-state index is 0.144. The number of amides is 2. The van der Waals surface area contributed by atoms with Crippen LogP contribution >= 0.6 is 11.6 Å². The normalized spacial score (nSPS) is 10.3. The number of aryl methyl sites for hydroxylation is 2. The molecule has 6 nitrogen and oxygen atoms in total. The van der Waals surface area contributed by atoms with E-state index in [1.807, 2.05) is 6.92 Å². The van der Waals surface area contributed by atoms with Crippen molar-refractivity contribution in [3.8, 4) is 0 Å². The van der Waals surface area contributed by atoms with Gasteiger partial charge in [0.05, 0.1) is 12.2 Å². The van der Waals surface area contributed by atoms with Crippen LogP contribution in [0.4, 0.5) is 5.69 Å². The molecule has 7 heteroatoms. The topological polar surface area (TPSA) is 84.2 Å². The van der Waals surface area contributed by atoms with Crippen molar-refractivity contribution in [2.75, 3.05) is 11.9 Å². The molecule has 0 aliphatic heterocycles. The van der Waals surface area contributed by atoms with Crippen LogP contribution in [0.2, 0.25) is 5.02 Å². The highest BCUT2D eigenvalue weighted by Gasteiger charge is 2.19. The molecule has 116 valence electrons. The predicted molar refractivity (Wildman–Crippen MR) is 83.0 cm³/mol. The van der Waals surface area contributed by atoms with Crippen molar-refractivity contribution in [2.24, 2.45) is 0 Å². The first-order chi connectivity index (χ1) is 10.5. The summed E-state index contributed by atoms with van der Waals surface area (Å²) in [5, 5.41) is 9.61. The molecule has 0 unspecified atom stereocenters. The van der Waals surface area contributed by atoms with Gasteiger partial charge in [0.15, 0.2) is 0 Å². The molecule has 2 N–H and O–H groups in total. The zero-order valence-electron chi connectivity index (χ0n) is 12.3. The Bertz CT molecular complexity index is 680. The molecule has 0 fully saturated rings. The fourth-order valence-electron chi connectivity index (χ4n) is 1.94. The number of hydrogen-bond acceptors (Lipinski definition) is 4. The largest absolute Gasteiger partial charge is 0.361 e. The van der Waals surface area contributed by atoms with Gasteiger partial charge in [-0.2, -0.15) is 0 Å². The van der Waals surface area contributed by atoms with Crippen molar-refractivity contribution in [3.63, 3.8) is 0 Å². The lowest BCUT2D eigenvalue weighted by atomic mass is 10.1. The molecule has 0 saturated heterocycles. The maximum Gasteiger partial charge on any atom is 0.257 e. The van der Waals surface area contributed by atoms with E-state index in [0.29, 0.717) is 34.1 Å². The maximum absolute atomic E-state index is 12.1. The van der Waals surface area contributed by atoms with Crippen LogP contribution in [0, 0.1) is 6.92 Å². The number of nitrogens with one attached hydrogen (secondary N) is 2. The molecule has 0 radical (unpaired) electrons. The second kappa shape index (κ2) is 7.09. The monoisotopic (exact) mass is 321 g/mol. The van der Waals surface area contributed by atoms with Crippen molar-refractivity contribution < 1.29 is 14.1 Å². The Morgan fingerprint density at radius 2 is 1.95 bits per heavy atom. The van der Waals surface area contributed by atoms with Crippen LogP contribution in [0.3, 0.4) is 0 Å². The number of hydrogen-bond donors (Lipinski definition) is 2. The van der Waals surface area contributed by atoms with Gasteiger partial charge >= 0.3 is 0 Å². The number of nitrogens with zero attached hydrogens (tertiary/aromatic N) is 1. The molecule has 0 saturated carbocycles. The first kappa shape index (κ1) is 16.0. The summed E-state index contributed by atoms with van der Waals surface area (Å²) in [7, 11) is 0. The zero-order chi connectivity index (χ0) is 16.1. The van der Waals surface area contributed by atoms with Gasteiger partial charge in [-0.05, 0) is 37.6 Å². The summed E-state index contributed by atoms with van der Waals surface area (Å²) in [6.07, 6.45) is 0.580. The van der Waals surface area contributed by atoms with Gasteiger partial charge in [0.2, 0.25) is 5.91 Å². The van der Waals surface area contributed by atoms with E-state index in [9.17, 15) is 9.59 Å². The van der Waals surface area contributed by atoms with Gasteiger partial charge in [0.1, 0.15) is 11.3 Å². The average molecular weight is 322 g/mol. The molecule has 0 spiro atoms. The van der Waals surface area contributed by atoms with E-state index in [4.69, 9.17) is 16.1 Å². The van der Waals surface area contributed by atoms with Gasteiger partial charge in [0.25, 0.3) is 5.91 Å². The van der Waals surface area contributed by atoms with Crippen LogP contribution in [0.1, 0.15) is 28.7 Å². The number of carbonyl (C=O) groups is 2. The van der Waals surface area contributed by atoms with Gasteiger partial charge in [-0.1, -0.05) is 23.7 Å². The summed E-state index contributed by atoms with van der Waals surface area (Å²) in [5.41, 5.74) is 1.58. The number of aromatic nitrogens is 1.